The predicted octanol–water partition coefficient (Wildman–Crippen LogP) is 3.98. The van der Waals surface area contributed by atoms with Crippen molar-refractivity contribution < 1.29 is 4.74 Å². The van der Waals surface area contributed by atoms with Gasteiger partial charge in [0.1, 0.15) is 5.75 Å². The van der Waals surface area contributed by atoms with E-state index in [1.807, 2.05) is 0 Å². The Morgan fingerprint density at radius 2 is 2.00 bits per heavy atom. The lowest BCUT2D eigenvalue weighted by Gasteiger charge is -2.27. The minimum atomic E-state index is 0.601. The minimum Gasteiger partial charge on any atom is -0.493 e. The summed E-state index contributed by atoms with van der Waals surface area (Å²) in [7, 11) is 0. The van der Waals surface area contributed by atoms with Gasteiger partial charge < -0.3 is 10.1 Å². The summed E-state index contributed by atoms with van der Waals surface area (Å²) in [5.74, 6) is 1.09. The van der Waals surface area contributed by atoms with E-state index in [1.54, 1.807) is 0 Å². The standard InChI is InChI=1S/C19H21NO/c1-2-4-18-15(3-1)7-9-17(20-18)8-5-14-6-10-19-16(13-14)11-12-21-19/h1-4,6,10,13,17,20H,5,7-9,11-12H2. The summed E-state index contributed by atoms with van der Waals surface area (Å²) in [6, 6.07) is 16.0. The fraction of sp³-hybridized carbons (Fsp3) is 0.368. The van der Waals surface area contributed by atoms with Crippen molar-refractivity contribution in [2.24, 2.45) is 0 Å². The number of para-hydroxylation sites is 1. The van der Waals surface area contributed by atoms with Gasteiger partial charge in [0.2, 0.25) is 0 Å². The number of hydrogen-bond donors (Lipinski definition) is 1. The number of ether oxygens (including phenoxy) is 1. The maximum Gasteiger partial charge on any atom is 0.122 e. The number of aryl methyl sites for hydroxylation is 2. The Balaban J connectivity index is 1.39. The number of benzene rings is 2. The Hall–Kier alpha value is -1.96. The molecule has 0 bridgehead atoms. The molecule has 0 amide bonds. The zero-order valence-electron chi connectivity index (χ0n) is 12.3. The summed E-state index contributed by atoms with van der Waals surface area (Å²) < 4.78 is 5.57. The third-order valence-electron chi connectivity index (χ3n) is 4.67. The van der Waals surface area contributed by atoms with Crippen molar-refractivity contribution in [3.05, 3.63) is 59.2 Å². The molecule has 0 fully saturated rings. The Morgan fingerprint density at radius 3 is 3.00 bits per heavy atom. The van der Waals surface area contributed by atoms with Gasteiger partial charge in [0.15, 0.2) is 0 Å². The Kier molecular flexibility index (Phi) is 3.30. The van der Waals surface area contributed by atoms with E-state index in [4.69, 9.17) is 4.74 Å². The molecule has 108 valence electrons. The SMILES string of the molecule is c1ccc2c(c1)CCC(CCc1ccc3c(c1)CCO3)N2. The number of nitrogens with one attached hydrogen (secondary N) is 1. The summed E-state index contributed by atoms with van der Waals surface area (Å²) in [6.45, 7) is 0.847. The van der Waals surface area contributed by atoms with Gasteiger partial charge in [-0.05, 0) is 54.5 Å². The minimum absolute atomic E-state index is 0.601. The molecule has 0 aromatic heterocycles. The average molecular weight is 279 g/mol. The lowest BCUT2D eigenvalue weighted by atomic mass is 9.93. The topological polar surface area (TPSA) is 21.3 Å². The molecule has 0 aliphatic carbocycles. The molecule has 0 spiro atoms. The van der Waals surface area contributed by atoms with Crippen molar-refractivity contribution in [3.63, 3.8) is 0 Å². The first-order chi connectivity index (χ1) is 10.4. The molecule has 2 aliphatic rings. The molecule has 4 rings (SSSR count). The molecule has 0 radical (unpaired) electrons. The monoisotopic (exact) mass is 279 g/mol. The molecule has 21 heavy (non-hydrogen) atoms. The van der Waals surface area contributed by atoms with Crippen LogP contribution < -0.4 is 10.1 Å². The van der Waals surface area contributed by atoms with E-state index >= 15 is 0 Å². The highest BCUT2D eigenvalue weighted by molar-refractivity contribution is 5.53. The van der Waals surface area contributed by atoms with Gasteiger partial charge in [-0.25, -0.2) is 0 Å². The van der Waals surface area contributed by atoms with Crippen molar-refractivity contribution >= 4 is 5.69 Å². The molecule has 2 aliphatic heterocycles. The van der Waals surface area contributed by atoms with Crippen LogP contribution in [0.1, 0.15) is 29.5 Å². The third kappa shape index (κ3) is 2.63. The van der Waals surface area contributed by atoms with Gasteiger partial charge in [0.05, 0.1) is 6.61 Å². The Labute approximate surface area is 126 Å². The lowest BCUT2D eigenvalue weighted by Crippen LogP contribution is -2.25. The van der Waals surface area contributed by atoms with Crippen molar-refractivity contribution in [3.8, 4) is 5.75 Å². The molecule has 0 saturated carbocycles. The van der Waals surface area contributed by atoms with Crippen LogP contribution in [0.5, 0.6) is 5.75 Å². The molecule has 1 N–H and O–H groups in total. The van der Waals surface area contributed by atoms with Crippen molar-refractivity contribution in [1.82, 2.24) is 0 Å². The normalized spacial score (nSPS) is 19.3. The molecule has 2 aromatic rings. The molecular formula is C19H21NO. The first-order valence-electron chi connectivity index (χ1n) is 7.97. The van der Waals surface area contributed by atoms with E-state index in [9.17, 15) is 0 Å². The van der Waals surface area contributed by atoms with E-state index in [0.29, 0.717) is 6.04 Å². The second-order valence-corrected chi connectivity index (χ2v) is 6.12. The van der Waals surface area contributed by atoms with Crippen LogP contribution in [0.25, 0.3) is 0 Å². The molecule has 2 nitrogen and oxygen atoms in total. The van der Waals surface area contributed by atoms with Crippen molar-refractivity contribution in [1.29, 1.82) is 0 Å². The van der Waals surface area contributed by atoms with Crippen LogP contribution >= 0.6 is 0 Å². The molecule has 1 unspecified atom stereocenters. The fourth-order valence-electron chi connectivity index (χ4n) is 3.45. The number of rotatable bonds is 3. The van der Waals surface area contributed by atoms with Gasteiger partial charge in [0, 0.05) is 18.2 Å². The van der Waals surface area contributed by atoms with Crippen LogP contribution in [-0.4, -0.2) is 12.6 Å². The van der Waals surface area contributed by atoms with Gasteiger partial charge in [-0.15, -0.1) is 0 Å². The number of anilines is 1. The zero-order valence-corrected chi connectivity index (χ0v) is 12.3. The molecule has 2 aromatic carbocycles. The highest BCUT2D eigenvalue weighted by Gasteiger charge is 2.17. The van der Waals surface area contributed by atoms with Crippen LogP contribution in [0.2, 0.25) is 0 Å². The van der Waals surface area contributed by atoms with E-state index in [1.165, 1.54) is 41.6 Å². The van der Waals surface area contributed by atoms with Crippen LogP contribution in [0.4, 0.5) is 5.69 Å². The molecule has 2 heterocycles. The Morgan fingerprint density at radius 1 is 1.05 bits per heavy atom. The van der Waals surface area contributed by atoms with Gasteiger partial charge in [0.25, 0.3) is 0 Å². The van der Waals surface area contributed by atoms with Gasteiger partial charge in [-0.1, -0.05) is 30.3 Å². The first kappa shape index (κ1) is 12.8. The van der Waals surface area contributed by atoms with Crippen molar-refractivity contribution in [2.75, 3.05) is 11.9 Å². The molecular weight excluding hydrogens is 258 g/mol. The first-order valence-corrected chi connectivity index (χ1v) is 7.97. The van der Waals surface area contributed by atoms with Gasteiger partial charge in [-0.2, -0.15) is 0 Å². The fourth-order valence-corrected chi connectivity index (χ4v) is 3.45. The van der Waals surface area contributed by atoms with Gasteiger partial charge >= 0.3 is 0 Å². The van der Waals surface area contributed by atoms with Crippen molar-refractivity contribution in [2.45, 2.75) is 38.1 Å². The summed E-state index contributed by atoms with van der Waals surface area (Å²) in [4.78, 5) is 0. The van der Waals surface area contributed by atoms with E-state index in [0.717, 1.165) is 25.2 Å². The van der Waals surface area contributed by atoms with Crippen LogP contribution in [-0.2, 0) is 19.3 Å². The second kappa shape index (κ2) is 5.44. The number of fused-ring (bicyclic) bond motifs is 2. The van der Waals surface area contributed by atoms with Gasteiger partial charge in [-0.3, -0.25) is 0 Å². The highest BCUT2D eigenvalue weighted by atomic mass is 16.5. The maximum atomic E-state index is 5.57. The van der Waals surface area contributed by atoms with E-state index < -0.39 is 0 Å². The van der Waals surface area contributed by atoms with E-state index in [2.05, 4.69) is 47.8 Å². The zero-order chi connectivity index (χ0) is 14.1. The third-order valence-corrected chi connectivity index (χ3v) is 4.67. The predicted molar refractivity (Wildman–Crippen MR) is 86.1 cm³/mol. The lowest BCUT2D eigenvalue weighted by molar-refractivity contribution is 0.357. The summed E-state index contributed by atoms with van der Waals surface area (Å²) in [6.07, 6.45) is 5.86. The number of hydrogen-bond acceptors (Lipinski definition) is 2. The molecule has 1 atom stereocenters. The second-order valence-electron chi connectivity index (χ2n) is 6.12. The van der Waals surface area contributed by atoms with E-state index in [-0.39, 0.29) is 0 Å². The summed E-state index contributed by atoms with van der Waals surface area (Å²) in [5, 5.41) is 3.69. The smallest absolute Gasteiger partial charge is 0.122 e. The summed E-state index contributed by atoms with van der Waals surface area (Å²) in [5.41, 5.74) is 5.62. The Bertz CT molecular complexity index is 650. The maximum absolute atomic E-state index is 5.57. The summed E-state index contributed by atoms with van der Waals surface area (Å²) >= 11 is 0. The quantitative estimate of drug-likeness (QED) is 0.917. The highest BCUT2D eigenvalue weighted by Crippen LogP contribution is 2.28. The van der Waals surface area contributed by atoms with Crippen LogP contribution in [0.3, 0.4) is 0 Å². The average Bonchev–Trinajstić information content (AvgIpc) is 3.00. The molecule has 2 heteroatoms. The van der Waals surface area contributed by atoms with Crippen LogP contribution in [0.15, 0.2) is 42.5 Å². The largest absolute Gasteiger partial charge is 0.493 e. The van der Waals surface area contributed by atoms with Crippen LogP contribution in [0, 0.1) is 0 Å². The molecule has 0 saturated heterocycles.